The molecular formula is C102H136N18O15S2. The molecule has 10 heterocycles. The Morgan fingerprint density at radius 1 is 0.518 bits per heavy atom. The number of hydrogen-bond donors (Lipinski definition) is 12. The SMILES string of the molecule is Cc1ncsc1-c1ccc(CNC(=O)[C@@H]2C[C@@H](O)CN2C(=O)[C@@H](NC(=O)CCCCCCC(=O)N2CC(Cc3cc(C(=O)NC[C@H](O)CN4CCc5ccccc5C4)ncn3)C2)C(C)(C)C)cc1.Cc1ncsc1-c1ccc(CNC(=O)[C@@H]2C[C@@H](O)CN2C(=O)[C@@H](NC(=O)CCCCCCC(=O)O)C(C)(C)C)cc1.O=C(CC[C@H](O)CN1CCc2ccccc2C1)c1cc(NC2CNC2)ncn1. The number of rotatable bonds is 41. The van der Waals surface area contributed by atoms with Crippen LogP contribution in [-0.4, -0.2) is 266 Å². The number of aryl methyl sites for hydroxylation is 2. The number of carboxylic acid groups (broad SMARTS) is 1. The van der Waals surface area contributed by atoms with Crippen molar-refractivity contribution in [2.75, 3.05) is 77.3 Å². The summed E-state index contributed by atoms with van der Waals surface area (Å²) in [4.78, 5) is 166. The Labute approximate surface area is 810 Å². The third-order valence-corrected chi connectivity index (χ3v) is 27.9. The number of carbonyl (C=O) groups excluding carboxylic acids is 9. The molecule has 0 aliphatic carbocycles. The highest BCUT2D eigenvalue weighted by atomic mass is 32.1. The van der Waals surface area contributed by atoms with Crippen LogP contribution in [0.25, 0.3) is 20.9 Å². The fraction of sp³-hybridized carbons (Fsp3) is 0.529. The molecule has 4 saturated heterocycles. The van der Waals surface area contributed by atoms with Crippen LogP contribution in [0.1, 0.15) is 216 Å². The maximum Gasteiger partial charge on any atom is 0.303 e. The first kappa shape index (κ1) is 105. The summed E-state index contributed by atoms with van der Waals surface area (Å²) in [5.41, 5.74) is 14.9. The van der Waals surface area contributed by atoms with Crippen LogP contribution in [0.4, 0.5) is 5.82 Å². The largest absolute Gasteiger partial charge is 0.481 e. The topological polar surface area (TPSA) is 450 Å². The number of aromatic nitrogens is 6. The van der Waals surface area contributed by atoms with Crippen LogP contribution >= 0.6 is 22.7 Å². The summed E-state index contributed by atoms with van der Waals surface area (Å²) < 4.78 is 0. The van der Waals surface area contributed by atoms with Crippen molar-refractivity contribution in [3.8, 4) is 20.9 Å². The van der Waals surface area contributed by atoms with E-state index in [0.717, 1.165) is 127 Å². The quantitative estimate of drug-likeness (QED) is 0.0125. The van der Waals surface area contributed by atoms with Gasteiger partial charge >= 0.3 is 5.97 Å². The van der Waals surface area contributed by atoms with Crippen molar-refractivity contribution in [1.29, 1.82) is 0 Å². The van der Waals surface area contributed by atoms with E-state index in [1.165, 1.54) is 44.7 Å². The molecular weight excluding hydrogens is 1780 g/mol. The van der Waals surface area contributed by atoms with Gasteiger partial charge in [0.2, 0.25) is 41.4 Å². The zero-order chi connectivity index (χ0) is 97.9. The number of nitrogens with one attached hydrogen (secondary N) is 7. The number of ketones is 1. The number of hydrogen-bond acceptors (Lipinski definition) is 26. The summed E-state index contributed by atoms with van der Waals surface area (Å²) in [6.45, 7) is 23.3. The van der Waals surface area contributed by atoms with E-state index in [9.17, 15) is 68.4 Å². The van der Waals surface area contributed by atoms with Crippen molar-refractivity contribution in [2.24, 2.45) is 16.7 Å². The van der Waals surface area contributed by atoms with Crippen LogP contribution in [-0.2, 0) is 83.8 Å². The third-order valence-electron chi connectivity index (χ3n) is 25.9. The van der Waals surface area contributed by atoms with E-state index in [-0.39, 0.29) is 124 Å². The molecule has 6 aliphatic heterocycles. The molecule has 8 aromatic rings. The molecule has 4 aromatic heterocycles. The normalized spacial score (nSPS) is 18.1. The Balaban J connectivity index is 0.000000205. The number of anilines is 1. The first-order valence-corrected chi connectivity index (χ1v) is 49.9. The van der Waals surface area contributed by atoms with Crippen LogP contribution in [0.15, 0.2) is 133 Å². The highest BCUT2D eigenvalue weighted by Crippen LogP contribution is 2.34. The number of aliphatic hydroxyl groups excluding tert-OH is 4. The maximum atomic E-state index is 14.0. The number of likely N-dealkylation sites (tertiary alicyclic amines) is 3. The summed E-state index contributed by atoms with van der Waals surface area (Å²) >= 11 is 3.15. The second-order valence-electron chi connectivity index (χ2n) is 39.1. The van der Waals surface area contributed by atoms with Crippen LogP contribution in [0, 0.1) is 30.6 Å². The molecule has 0 unspecified atom stereocenters. The molecule has 14 rings (SSSR count). The molecule has 35 heteroatoms. The molecule has 4 fully saturated rings. The second kappa shape index (κ2) is 50.3. The van der Waals surface area contributed by atoms with Crippen molar-refractivity contribution in [3.63, 3.8) is 0 Å². The van der Waals surface area contributed by atoms with Crippen LogP contribution in [0.3, 0.4) is 0 Å². The third kappa shape index (κ3) is 31.4. The van der Waals surface area contributed by atoms with Gasteiger partial charge in [0.1, 0.15) is 54.0 Å². The number of thiazole rings is 2. The fourth-order valence-electron chi connectivity index (χ4n) is 17.9. The fourth-order valence-corrected chi connectivity index (χ4v) is 19.6. The van der Waals surface area contributed by atoms with Crippen molar-refractivity contribution >= 4 is 87.5 Å². The van der Waals surface area contributed by atoms with E-state index in [4.69, 9.17) is 5.11 Å². The minimum Gasteiger partial charge on any atom is -0.481 e. The van der Waals surface area contributed by atoms with Gasteiger partial charge in [-0.05, 0) is 133 Å². The smallest absolute Gasteiger partial charge is 0.303 e. The Morgan fingerprint density at radius 2 is 0.985 bits per heavy atom. The lowest BCUT2D eigenvalue weighted by atomic mass is 9.85. The molecule has 12 N–H and O–H groups in total. The van der Waals surface area contributed by atoms with E-state index < -0.39 is 77.2 Å². The van der Waals surface area contributed by atoms with Crippen molar-refractivity contribution < 1.29 is 73.5 Å². The van der Waals surface area contributed by atoms with Gasteiger partial charge in [-0.1, -0.05) is 164 Å². The van der Waals surface area contributed by atoms with Gasteiger partial charge in [-0.2, -0.15) is 0 Å². The van der Waals surface area contributed by atoms with Gasteiger partial charge < -0.3 is 77.4 Å². The molecule has 0 saturated carbocycles. The predicted octanol–water partition coefficient (Wildman–Crippen LogP) is 9.10. The van der Waals surface area contributed by atoms with Gasteiger partial charge in [0, 0.05) is 155 Å². The Morgan fingerprint density at radius 3 is 1.45 bits per heavy atom. The minimum absolute atomic E-state index is 0.00553. The number of β-amino-alcohol motifs (C(OH)–C–C–N with tert-alkyl or cyclic N) is 4. The minimum atomic E-state index is -0.897. The Kier molecular flexibility index (Phi) is 38.4. The number of unbranched alkanes of at least 4 members (excludes halogenated alkanes) is 6. The number of aliphatic carboxylic acids is 1. The number of fused-ring (bicyclic) bond motifs is 2. The summed E-state index contributed by atoms with van der Waals surface area (Å²) in [6, 6.07) is 32.8. The molecule has 736 valence electrons. The number of nitrogens with zero attached hydrogens (tertiary/aromatic N) is 11. The average Bonchev–Trinajstić information content (AvgIpc) is 1.77. The molecule has 6 aliphatic rings. The molecule has 8 atom stereocenters. The number of carboxylic acids is 1. The lowest BCUT2D eigenvalue weighted by molar-refractivity contribution is -0.144. The zero-order valence-electron chi connectivity index (χ0n) is 80.1. The zero-order valence-corrected chi connectivity index (χ0v) is 81.7. The van der Waals surface area contributed by atoms with Crippen molar-refractivity contribution in [2.45, 2.75) is 258 Å². The highest BCUT2D eigenvalue weighted by molar-refractivity contribution is 7.13. The Bertz CT molecular complexity index is 5390. The lowest BCUT2D eigenvalue weighted by Gasteiger charge is -2.39. The van der Waals surface area contributed by atoms with Crippen molar-refractivity contribution in [3.05, 3.63) is 195 Å². The van der Waals surface area contributed by atoms with Crippen LogP contribution < -0.4 is 37.2 Å². The predicted molar refractivity (Wildman–Crippen MR) is 523 cm³/mol. The van der Waals surface area contributed by atoms with E-state index in [1.807, 2.05) is 126 Å². The number of carbonyl (C=O) groups is 10. The first-order chi connectivity index (χ1) is 65.6. The number of aliphatic hydroxyl groups is 4. The monoisotopic (exact) mass is 1920 g/mol. The molecule has 0 bridgehead atoms. The molecule has 0 spiro atoms. The molecule has 4 aromatic carbocycles. The summed E-state index contributed by atoms with van der Waals surface area (Å²) in [6.07, 6.45) is 9.84. The van der Waals surface area contributed by atoms with E-state index >= 15 is 0 Å². The lowest BCUT2D eigenvalue weighted by Crippen LogP contribution is -2.57. The molecule has 33 nitrogen and oxygen atoms in total. The Hall–Kier alpha value is -11.3. The first-order valence-electron chi connectivity index (χ1n) is 48.1. The van der Waals surface area contributed by atoms with E-state index in [1.54, 1.807) is 34.8 Å². The molecule has 137 heavy (non-hydrogen) atoms. The van der Waals surface area contributed by atoms with Gasteiger partial charge in [-0.15, -0.1) is 22.7 Å². The summed E-state index contributed by atoms with van der Waals surface area (Å²) in [5, 5.41) is 71.7. The second-order valence-corrected chi connectivity index (χ2v) is 40.9. The highest BCUT2D eigenvalue weighted by Gasteiger charge is 2.47. The number of Topliss-reactive ketones (excluding diaryl/α,β-unsaturated/α-hetero) is 1. The van der Waals surface area contributed by atoms with E-state index in [2.05, 4.69) is 119 Å². The average molecular weight is 1920 g/mol. The van der Waals surface area contributed by atoms with Crippen LogP contribution in [0.2, 0.25) is 0 Å². The van der Waals surface area contributed by atoms with Gasteiger partial charge in [-0.25, -0.2) is 29.9 Å². The van der Waals surface area contributed by atoms with Gasteiger partial charge in [0.25, 0.3) is 5.91 Å². The summed E-state index contributed by atoms with van der Waals surface area (Å²) in [5.74, 6) is -2.27. The van der Waals surface area contributed by atoms with Gasteiger partial charge in [0.15, 0.2) is 5.78 Å². The number of benzene rings is 4. The van der Waals surface area contributed by atoms with Gasteiger partial charge in [-0.3, -0.25) is 57.7 Å². The summed E-state index contributed by atoms with van der Waals surface area (Å²) in [7, 11) is 0. The molecule has 0 radical (unpaired) electrons. The van der Waals surface area contributed by atoms with Crippen molar-refractivity contribution in [1.82, 2.24) is 86.3 Å². The van der Waals surface area contributed by atoms with E-state index in [0.29, 0.717) is 88.7 Å². The maximum absolute atomic E-state index is 14.0. The van der Waals surface area contributed by atoms with Crippen LogP contribution in [0.5, 0.6) is 0 Å². The standard InChI is InChI=1S/C51H67N9O7S.C30H42N4O6S.C21H27N5O2/c1-33-46(68-32-56-33)37-17-15-34(16-18-37)24-52-49(66)43-23-40(61)30-60(43)50(67)47(51(2,3)4)57-44(63)13-7-5-6-8-14-45(64)59-26-35(27-59)21-39-22-42(55-31-54-39)48(65)53-25-41(62)29-58-20-19-36-11-9-10-12-38(36)28-58;1-19-26(41-18-32-19)21-13-11-20(12-14-21)16-31-28(39)23-15-22(35)17-34(23)29(40)27(30(2,3)4)33-24(36)9-7-5-6-8-10-25(37)38;27-18(13-26-8-7-15-3-1-2-4-16(15)12-26)5-6-20(28)19-9-21(24-14-23-19)25-17-10-22-11-17/h9-12,15-18,22,31-32,35,40-41,43,47,61-62H,5-8,13-14,19-21,23-30H2,1-4H3,(H,52,66)(H,53,65)(H,57,63);11-14,18,22-23,27,35H,5-10,15-17H2,1-4H3,(H,31,39)(H,33,36)(H,37,38);1-4,9,14,17-18,22,27H,5-8,10-13H2,(H,23,24,25)/t40-,41+,43+,47-;22-,23+,27-;18-/m110/s1. The van der Waals surface area contributed by atoms with Gasteiger partial charge in [0.05, 0.1) is 62.6 Å². The molecule has 8 amide bonds. The number of amides is 8.